The second kappa shape index (κ2) is 4.18. The maximum Gasteiger partial charge on any atom is 0.126 e. The van der Waals surface area contributed by atoms with Gasteiger partial charge >= 0.3 is 0 Å². The van der Waals surface area contributed by atoms with Crippen LogP contribution in [0.1, 0.15) is 44.8 Å². The van der Waals surface area contributed by atoms with Crippen LogP contribution in [0.3, 0.4) is 0 Å². The molecule has 0 amide bonds. The molecule has 1 N–H and O–H groups in total. The molecule has 0 aromatic heterocycles. The Hall–Kier alpha value is -1.13. The number of ether oxygens (including phenoxy) is 2. The fourth-order valence-corrected chi connectivity index (χ4v) is 3.30. The number of halogens is 1. The predicted octanol–water partition coefficient (Wildman–Crippen LogP) is 2.97. The molecule has 3 rings (SSSR count). The van der Waals surface area contributed by atoms with Gasteiger partial charge in [-0.15, -0.1) is 0 Å². The topological polar surface area (TPSA) is 38.7 Å². The van der Waals surface area contributed by atoms with Crippen LogP contribution in [0.5, 0.6) is 5.75 Å². The van der Waals surface area contributed by atoms with Crippen molar-refractivity contribution in [3.8, 4) is 5.75 Å². The van der Waals surface area contributed by atoms with E-state index in [4.69, 9.17) is 9.47 Å². The quantitative estimate of drug-likeness (QED) is 0.784. The maximum absolute atomic E-state index is 13.2. The summed E-state index contributed by atoms with van der Waals surface area (Å²) in [5, 5.41) is 10.3. The van der Waals surface area contributed by atoms with Crippen LogP contribution in [0.15, 0.2) is 18.2 Å². The van der Waals surface area contributed by atoms with Crippen molar-refractivity contribution < 1.29 is 19.0 Å². The Morgan fingerprint density at radius 3 is 2.89 bits per heavy atom. The molecule has 1 fully saturated rings. The number of benzene rings is 1. The van der Waals surface area contributed by atoms with Gasteiger partial charge in [-0.25, -0.2) is 4.39 Å². The number of aliphatic hydroxyl groups is 1. The largest absolute Gasteiger partial charge is 0.487 e. The van der Waals surface area contributed by atoms with Crippen molar-refractivity contribution in [3.63, 3.8) is 0 Å². The van der Waals surface area contributed by atoms with Crippen LogP contribution in [0.4, 0.5) is 4.39 Å². The molecule has 4 heteroatoms. The van der Waals surface area contributed by atoms with Crippen LogP contribution >= 0.6 is 0 Å². The number of fused-ring (bicyclic) bond motifs is 1. The van der Waals surface area contributed by atoms with Crippen LogP contribution in [-0.2, 0) is 4.74 Å². The van der Waals surface area contributed by atoms with Crippen LogP contribution < -0.4 is 4.74 Å². The summed E-state index contributed by atoms with van der Waals surface area (Å²) < 4.78 is 25.1. The molecule has 19 heavy (non-hydrogen) atoms. The minimum absolute atomic E-state index is 0.254. The lowest BCUT2D eigenvalue weighted by Crippen LogP contribution is -2.51. The Morgan fingerprint density at radius 2 is 2.16 bits per heavy atom. The third-order valence-electron chi connectivity index (χ3n) is 4.02. The van der Waals surface area contributed by atoms with Crippen molar-refractivity contribution >= 4 is 0 Å². The summed E-state index contributed by atoms with van der Waals surface area (Å²) in [6.45, 7) is 4.68. The lowest BCUT2D eigenvalue weighted by molar-refractivity contribution is -0.151. The highest BCUT2D eigenvalue weighted by Gasteiger charge is 2.47. The van der Waals surface area contributed by atoms with E-state index in [0.717, 1.165) is 12.8 Å². The Morgan fingerprint density at radius 1 is 1.37 bits per heavy atom. The second-order valence-electron chi connectivity index (χ2n) is 6.22. The standard InChI is InChI=1S/C15H19FO3/c1-14(2)9-15(5-6-18-14)8-12(17)11-7-10(16)3-4-13(11)19-15/h3-4,7,12,17H,5-6,8-9H2,1-2H3/t12-,15?/m1/s1. The highest BCUT2D eigenvalue weighted by atomic mass is 19.1. The van der Waals surface area contributed by atoms with E-state index in [1.807, 2.05) is 13.8 Å². The molecule has 0 saturated carbocycles. The summed E-state index contributed by atoms with van der Waals surface area (Å²) in [7, 11) is 0. The number of aliphatic hydroxyl groups excluding tert-OH is 1. The van der Waals surface area contributed by atoms with E-state index in [1.54, 1.807) is 6.07 Å². The molecule has 2 aliphatic rings. The first-order chi connectivity index (χ1) is 8.89. The van der Waals surface area contributed by atoms with Crippen LogP contribution in [0.2, 0.25) is 0 Å². The van der Waals surface area contributed by atoms with Crippen molar-refractivity contribution in [2.24, 2.45) is 0 Å². The first kappa shape index (κ1) is 12.9. The smallest absolute Gasteiger partial charge is 0.126 e. The van der Waals surface area contributed by atoms with Gasteiger partial charge < -0.3 is 14.6 Å². The third kappa shape index (κ3) is 2.35. The van der Waals surface area contributed by atoms with Crippen LogP contribution in [0, 0.1) is 5.82 Å². The van der Waals surface area contributed by atoms with Gasteiger partial charge in [-0.05, 0) is 32.0 Å². The van der Waals surface area contributed by atoms with Crippen molar-refractivity contribution in [3.05, 3.63) is 29.6 Å². The van der Waals surface area contributed by atoms with Gasteiger partial charge in [0.15, 0.2) is 0 Å². The monoisotopic (exact) mass is 266 g/mol. The van der Waals surface area contributed by atoms with Crippen molar-refractivity contribution in [2.75, 3.05) is 6.61 Å². The Balaban J connectivity index is 1.94. The third-order valence-corrected chi connectivity index (χ3v) is 4.02. The predicted molar refractivity (Wildman–Crippen MR) is 68.6 cm³/mol. The lowest BCUT2D eigenvalue weighted by Gasteiger charge is -2.48. The summed E-state index contributed by atoms with van der Waals surface area (Å²) >= 11 is 0. The van der Waals surface area contributed by atoms with Gasteiger partial charge in [0.1, 0.15) is 17.2 Å². The zero-order valence-corrected chi connectivity index (χ0v) is 11.3. The average molecular weight is 266 g/mol. The number of hydrogen-bond donors (Lipinski definition) is 1. The molecule has 0 radical (unpaired) electrons. The minimum Gasteiger partial charge on any atom is -0.487 e. The van der Waals surface area contributed by atoms with E-state index >= 15 is 0 Å². The molecule has 2 heterocycles. The molecular formula is C15H19FO3. The number of hydrogen-bond acceptors (Lipinski definition) is 3. The van der Waals surface area contributed by atoms with Crippen molar-refractivity contribution in [1.29, 1.82) is 0 Å². The Bertz CT molecular complexity index is 500. The molecule has 0 bridgehead atoms. The fourth-order valence-electron chi connectivity index (χ4n) is 3.30. The van der Waals surface area contributed by atoms with E-state index in [9.17, 15) is 9.50 Å². The molecule has 104 valence electrons. The molecule has 2 aliphatic heterocycles. The van der Waals surface area contributed by atoms with Gasteiger partial charge in [-0.1, -0.05) is 0 Å². The minimum atomic E-state index is -0.673. The molecule has 1 unspecified atom stereocenters. The zero-order valence-electron chi connectivity index (χ0n) is 11.3. The van der Waals surface area contributed by atoms with E-state index < -0.39 is 11.7 Å². The summed E-state index contributed by atoms with van der Waals surface area (Å²) in [6.07, 6.45) is 1.31. The highest BCUT2D eigenvalue weighted by molar-refractivity contribution is 5.38. The maximum atomic E-state index is 13.2. The molecule has 2 atom stereocenters. The summed E-state index contributed by atoms with van der Waals surface area (Å²) in [5.74, 6) is 0.252. The Kier molecular flexibility index (Phi) is 2.84. The van der Waals surface area contributed by atoms with E-state index in [-0.39, 0.29) is 11.4 Å². The van der Waals surface area contributed by atoms with E-state index in [0.29, 0.717) is 24.3 Å². The van der Waals surface area contributed by atoms with Gasteiger partial charge in [-0.2, -0.15) is 0 Å². The van der Waals surface area contributed by atoms with E-state index in [1.165, 1.54) is 12.1 Å². The lowest BCUT2D eigenvalue weighted by atomic mass is 9.77. The summed E-state index contributed by atoms with van der Waals surface area (Å²) in [4.78, 5) is 0. The fraction of sp³-hybridized carbons (Fsp3) is 0.600. The molecule has 1 aromatic rings. The van der Waals surface area contributed by atoms with Crippen LogP contribution in [-0.4, -0.2) is 22.9 Å². The second-order valence-corrected chi connectivity index (χ2v) is 6.22. The summed E-state index contributed by atoms with van der Waals surface area (Å²) in [6, 6.07) is 4.34. The number of rotatable bonds is 0. The van der Waals surface area contributed by atoms with Gasteiger partial charge in [0.05, 0.1) is 18.3 Å². The van der Waals surface area contributed by atoms with Gasteiger partial charge in [0, 0.05) is 24.8 Å². The Labute approximate surface area is 112 Å². The molecule has 1 saturated heterocycles. The van der Waals surface area contributed by atoms with Crippen LogP contribution in [0.25, 0.3) is 0 Å². The summed E-state index contributed by atoms with van der Waals surface area (Å²) in [5.41, 5.74) is -0.100. The molecule has 1 aromatic carbocycles. The molecule has 0 aliphatic carbocycles. The average Bonchev–Trinajstić information content (AvgIpc) is 2.29. The molecule has 1 spiro atoms. The van der Waals surface area contributed by atoms with Gasteiger partial charge in [-0.3, -0.25) is 0 Å². The molecular weight excluding hydrogens is 247 g/mol. The first-order valence-corrected chi connectivity index (χ1v) is 6.70. The normalized spacial score (nSPS) is 32.7. The van der Waals surface area contributed by atoms with E-state index in [2.05, 4.69) is 0 Å². The van der Waals surface area contributed by atoms with Crippen molar-refractivity contribution in [2.45, 2.75) is 50.4 Å². The van der Waals surface area contributed by atoms with Gasteiger partial charge in [0.2, 0.25) is 0 Å². The highest BCUT2D eigenvalue weighted by Crippen LogP contribution is 2.47. The van der Waals surface area contributed by atoms with Crippen molar-refractivity contribution in [1.82, 2.24) is 0 Å². The SMILES string of the molecule is CC1(C)CC2(CCO1)C[C@@H](O)c1cc(F)ccc1O2. The molecule has 3 nitrogen and oxygen atoms in total. The first-order valence-electron chi connectivity index (χ1n) is 6.70. The van der Waals surface area contributed by atoms with Gasteiger partial charge in [0.25, 0.3) is 0 Å². The zero-order chi connectivity index (χ0) is 13.7.